The van der Waals surface area contributed by atoms with E-state index in [1.165, 1.54) is 18.9 Å². The summed E-state index contributed by atoms with van der Waals surface area (Å²) in [7, 11) is 1.49. The van der Waals surface area contributed by atoms with Crippen molar-refractivity contribution in [3.05, 3.63) is 41.4 Å². The molecule has 0 heterocycles. The first kappa shape index (κ1) is 21.0. The first-order valence-electron chi connectivity index (χ1n) is 8.03. The minimum atomic E-state index is -0.712. The fourth-order valence-electron chi connectivity index (χ4n) is 2.18. The zero-order chi connectivity index (χ0) is 19.6. The Morgan fingerprint density at radius 1 is 1.15 bits per heavy atom. The predicted octanol–water partition coefficient (Wildman–Crippen LogP) is 2.60. The second kappa shape index (κ2) is 10.8. The first-order valence-corrected chi connectivity index (χ1v) is 9.40. The average Bonchev–Trinajstić information content (AvgIpc) is 2.65. The van der Waals surface area contributed by atoms with Gasteiger partial charge >= 0.3 is 12.0 Å². The van der Waals surface area contributed by atoms with Crippen LogP contribution in [0.25, 0.3) is 10.8 Å². The van der Waals surface area contributed by atoms with Crippen molar-refractivity contribution in [3.63, 3.8) is 0 Å². The second-order valence-electron chi connectivity index (χ2n) is 5.34. The molecule has 0 aromatic heterocycles. The van der Waals surface area contributed by atoms with Gasteiger partial charge in [0.05, 0.1) is 12.4 Å². The summed E-state index contributed by atoms with van der Waals surface area (Å²) in [5.41, 5.74) is 0. The summed E-state index contributed by atoms with van der Waals surface area (Å²) in [6.45, 7) is 0.0546. The molecule has 0 unspecified atom stereocenters. The Balaban J connectivity index is 1.78. The molecule has 0 aliphatic rings. The van der Waals surface area contributed by atoms with Gasteiger partial charge in [-0.25, -0.2) is 4.79 Å². The van der Waals surface area contributed by atoms with Gasteiger partial charge in [0.25, 0.3) is 5.91 Å². The van der Waals surface area contributed by atoms with Crippen LogP contribution in [-0.4, -0.2) is 50.5 Å². The van der Waals surface area contributed by atoms with Crippen LogP contribution in [0.3, 0.4) is 0 Å². The van der Waals surface area contributed by atoms with E-state index >= 15 is 0 Å². The van der Waals surface area contributed by atoms with E-state index < -0.39 is 24.5 Å². The maximum absolute atomic E-state index is 11.9. The molecule has 0 aliphatic carbocycles. The van der Waals surface area contributed by atoms with E-state index in [0.29, 0.717) is 11.6 Å². The monoisotopic (exact) mass is 410 g/mol. The number of rotatable bonds is 8. The number of amides is 3. The van der Waals surface area contributed by atoms with Crippen molar-refractivity contribution in [2.75, 3.05) is 32.6 Å². The molecular formula is C18H19ClN2O5S. The van der Waals surface area contributed by atoms with Crippen LogP contribution >= 0.6 is 23.4 Å². The Labute approximate surface area is 165 Å². The summed E-state index contributed by atoms with van der Waals surface area (Å²) in [5, 5.41) is 6.91. The highest BCUT2D eigenvalue weighted by molar-refractivity contribution is 8.00. The average molecular weight is 411 g/mol. The highest BCUT2D eigenvalue weighted by atomic mass is 35.5. The lowest BCUT2D eigenvalue weighted by atomic mass is 10.1. The number of fused-ring (bicyclic) bond motifs is 1. The SMILES string of the molecule is COCCNC(=O)NC(=O)COC(=O)CSc1cccc2cccc(Cl)c12. The maximum atomic E-state index is 11.9. The Morgan fingerprint density at radius 2 is 1.89 bits per heavy atom. The molecule has 2 aromatic carbocycles. The van der Waals surface area contributed by atoms with Crippen LogP contribution in [0.15, 0.2) is 41.3 Å². The fourth-order valence-corrected chi connectivity index (χ4v) is 3.42. The Hall–Kier alpha value is -2.29. The van der Waals surface area contributed by atoms with Crippen molar-refractivity contribution >= 4 is 52.0 Å². The number of carbonyl (C=O) groups is 3. The van der Waals surface area contributed by atoms with Crippen LogP contribution in [0, 0.1) is 0 Å². The highest BCUT2D eigenvalue weighted by Crippen LogP contribution is 2.33. The van der Waals surface area contributed by atoms with Gasteiger partial charge < -0.3 is 14.8 Å². The summed E-state index contributed by atoms with van der Waals surface area (Å²) in [6, 6.07) is 10.6. The smallest absolute Gasteiger partial charge is 0.321 e. The summed E-state index contributed by atoms with van der Waals surface area (Å²) in [6.07, 6.45) is 0. The molecule has 27 heavy (non-hydrogen) atoms. The van der Waals surface area contributed by atoms with Crippen LogP contribution in [0.5, 0.6) is 0 Å². The Bertz CT molecular complexity index is 825. The number of urea groups is 1. The number of methoxy groups -OCH3 is 1. The van der Waals surface area contributed by atoms with Crippen molar-refractivity contribution in [3.8, 4) is 0 Å². The van der Waals surface area contributed by atoms with Crippen LogP contribution in [-0.2, 0) is 19.1 Å². The number of imide groups is 1. The van der Waals surface area contributed by atoms with Crippen LogP contribution in [0.2, 0.25) is 5.02 Å². The van der Waals surface area contributed by atoms with Crippen LogP contribution in [0.1, 0.15) is 0 Å². The van der Waals surface area contributed by atoms with Gasteiger partial charge in [-0.3, -0.25) is 14.9 Å². The molecule has 0 radical (unpaired) electrons. The number of nitrogens with one attached hydrogen (secondary N) is 2. The van der Waals surface area contributed by atoms with Gasteiger partial charge in [-0.2, -0.15) is 0 Å². The van der Waals surface area contributed by atoms with Gasteiger partial charge in [-0.05, 0) is 17.5 Å². The van der Waals surface area contributed by atoms with Gasteiger partial charge in [-0.1, -0.05) is 35.9 Å². The molecule has 0 atom stereocenters. The lowest BCUT2D eigenvalue weighted by molar-refractivity contribution is -0.145. The van der Waals surface area contributed by atoms with Crippen molar-refractivity contribution in [2.24, 2.45) is 0 Å². The van der Waals surface area contributed by atoms with Gasteiger partial charge in [0.15, 0.2) is 6.61 Å². The molecule has 2 aromatic rings. The molecule has 9 heteroatoms. The number of hydrogen-bond donors (Lipinski definition) is 2. The third-order valence-electron chi connectivity index (χ3n) is 3.37. The molecule has 144 valence electrons. The molecule has 0 aliphatic heterocycles. The first-order chi connectivity index (χ1) is 13.0. The predicted molar refractivity (Wildman–Crippen MR) is 104 cm³/mol. The summed E-state index contributed by atoms with van der Waals surface area (Å²) in [5.74, 6) is -1.27. The molecule has 0 bridgehead atoms. The Morgan fingerprint density at radius 3 is 2.63 bits per heavy atom. The Kier molecular flexibility index (Phi) is 8.38. The third kappa shape index (κ3) is 6.74. The molecule has 2 N–H and O–H groups in total. The van der Waals surface area contributed by atoms with Crippen LogP contribution in [0.4, 0.5) is 4.79 Å². The van der Waals surface area contributed by atoms with E-state index in [0.717, 1.165) is 15.7 Å². The van der Waals surface area contributed by atoms with E-state index in [2.05, 4.69) is 10.6 Å². The van der Waals surface area contributed by atoms with Gasteiger partial charge in [0.1, 0.15) is 0 Å². The van der Waals surface area contributed by atoms with E-state index in [1.54, 1.807) is 6.07 Å². The van der Waals surface area contributed by atoms with Crippen molar-refractivity contribution in [1.29, 1.82) is 0 Å². The van der Waals surface area contributed by atoms with E-state index in [9.17, 15) is 14.4 Å². The summed E-state index contributed by atoms with van der Waals surface area (Å²) in [4.78, 5) is 35.7. The standard InChI is InChI=1S/C18H19ClN2O5S/c1-25-9-8-20-18(24)21-15(22)10-26-16(23)11-27-14-7-3-5-12-4-2-6-13(19)17(12)14/h2-7H,8-11H2,1H3,(H2,20,21,22,24). The topological polar surface area (TPSA) is 93.7 Å². The zero-order valence-corrected chi connectivity index (χ0v) is 16.2. The number of halogens is 1. The summed E-state index contributed by atoms with van der Waals surface area (Å²) >= 11 is 7.51. The highest BCUT2D eigenvalue weighted by Gasteiger charge is 2.12. The maximum Gasteiger partial charge on any atom is 0.321 e. The lowest BCUT2D eigenvalue weighted by Crippen LogP contribution is -2.42. The number of hydrogen-bond acceptors (Lipinski definition) is 6. The minimum Gasteiger partial charge on any atom is -0.455 e. The van der Waals surface area contributed by atoms with Gasteiger partial charge in [-0.15, -0.1) is 11.8 Å². The summed E-state index contributed by atoms with van der Waals surface area (Å²) < 4.78 is 9.65. The quantitative estimate of drug-likeness (QED) is 0.394. The molecule has 3 amide bonds. The third-order valence-corrected chi connectivity index (χ3v) is 4.72. The number of thioether (sulfide) groups is 1. The largest absolute Gasteiger partial charge is 0.455 e. The van der Waals surface area contributed by atoms with Crippen molar-refractivity contribution < 1.29 is 23.9 Å². The molecule has 0 fully saturated rings. The number of esters is 1. The molecule has 0 saturated carbocycles. The zero-order valence-electron chi connectivity index (χ0n) is 14.6. The van der Waals surface area contributed by atoms with Gasteiger partial charge in [0, 0.05) is 29.0 Å². The van der Waals surface area contributed by atoms with Gasteiger partial charge in [0.2, 0.25) is 0 Å². The van der Waals surface area contributed by atoms with Crippen LogP contribution < -0.4 is 10.6 Å². The number of carbonyl (C=O) groups excluding carboxylic acids is 3. The van der Waals surface area contributed by atoms with E-state index in [4.69, 9.17) is 21.1 Å². The molecule has 2 rings (SSSR count). The minimum absolute atomic E-state index is 0.0116. The molecule has 0 spiro atoms. The number of benzene rings is 2. The molecular weight excluding hydrogens is 392 g/mol. The number of ether oxygens (including phenoxy) is 2. The second-order valence-corrected chi connectivity index (χ2v) is 6.76. The van der Waals surface area contributed by atoms with E-state index in [1.807, 2.05) is 30.3 Å². The molecule has 0 saturated heterocycles. The van der Waals surface area contributed by atoms with E-state index in [-0.39, 0.29) is 12.3 Å². The van der Waals surface area contributed by atoms with Crippen molar-refractivity contribution in [2.45, 2.75) is 4.90 Å². The van der Waals surface area contributed by atoms with Crippen molar-refractivity contribution in [1.82, 2.24) is 10.6 Å². The normalized spacial score (nSPS) is 10.4. The molecule has 7 nitrogen and oxygen atoms in total. The fraction of sp³-hybridized carbons (Fsp3) is 0.278. The lowest BCUT2D eigenvalue weighted by Gasteiger charge is -2.09.